The first-order chi connectivity index (χ1) is 8.36. The van der Waals surface area contributed by atoms with Gasteiger partial charge in [0.1, 0.15) is 5.75 Å². The third-order valence-electron chi connectivity index (χ3n) is 2.68. The number of nitrogens with one attached hydrogen (secondary N) is 1. The van der Waals surface area contributed by atoms with Gasteiger partial charge < -0.3 is 14.8 Å². The van der Waals surface area contributed by atoms with Gasteiger partial charge in [0.25, 0.3) is 0 Å². The molecule has 1 aromatic rings. The highest BCUT2D eigenvalue weighted by molar-refractivity contribution is 5.28. The molecule has 0 spiro atoms. The summed E-state index contributed by atoms with van der Waals surface area (Å²) in [6.45, 7) is 2.94. The predicted octanol–water partition coefficient (Wildman–Crippen LogP) is 2.25. The molecule has 0 saturated heterocycles. The van der Waals surface area contributed by atoms with Crippen molar-refractivity contribution in [1.82, 2.24) is 5.32 Å². The summed E-state index contributed by atoms with van der Waals surface area (Å²) < 4.78 is 10.2. The van der Waals surface area contributed by atoms with Crippen LogP contribution >= 0.6 is 0 Å². The molecule has 0 bridgehead atoms. The zero-order valence-corrected chi connectivity index (χ0v) is 10.9. The molecule has 3 heteroatoms. The SMILES string of the molecule is COCCCCNCCc1cccc(OC)c1. The summed E-state index contributed by atoms with van der Waals surface area (Å²) in [4.78, 5) is 0. The smallest absolute Gasteiger partial charge is 0.119 e. The van der Waals surface area contributed by atoms with Gasteiger partial charge in [-0.2, -0.15) is 0 Å². The van der Waals surface area contributed by atoms with E-state index in [0.717, 1.165) is 38.3 Å². The first kappa shape index (κ1) is 14.0. The Hall–Kier alpha value is -1.06. The van der Waals surface area contributed by atoms with Crippen LogP contribution < -0.4 is 10.1 Å². The number of rotatable bonds is 9. The Morgan fingerprint density at radius 2 is 2.00 bits per heavy atom. The molecule has 0 aliphatic heterocycles. The first-order valence-corrected chi connectivity index (χ1v) is 6.19. The monoisotopic (exact) mass is 237 g/mol. The van der Waals surface area contributed by atoms with Gasteiger partial charge >= 0.3 is 0 Å². The Labute approximate surface area is 104 Å². The van der Waals surface area contributed by atoms with Crippen molar-refractivity contribution in [3.63, 3.8) is 0 Å². The summed E-state index contributed by atoms with van der Waals surface area (Å²) in [7, 11) is 3.45. The van der Waals surface area contributed by atoms with Gasteiger partial charge in [-0.05, 0) is 50.0 Å². The van der Waals surface area contributed by atoms with Crippen molar-refractivity contribution in [1.29, 1.82) is 0 Å². The second-order valence-corrected chi connectivity index (χ2v) is 4.05. The van der Waals surface area contributed by atoms with Crippen molar-refractivity contribution in [2.75, 3.05) is 33.9 Å². The second-order valence-electron chi connectivity index (χ2n) is 4.05. The zero-order valence-electron chi connectivity index (χ0n) is 10.9. The summed E-state index contributed by atoms with van der Waals surface area (Å²) in [5, 5.41) is 3.43. The fourth-order valence-electron chi connectivity index (χ4n) is 1.68. The molecule has 0 amide bonds. The fourth-order valence-corrected chi connectivity index (χ4v) is 1.68. The highest BCUT2D eigenvalue weighted by Gasteiger charge is 1.95. The molecule has 0 radical (unpaired) electrons. The molecule has 3 nitrogen and oxygen atoms in total. The molecule has 0 aliphatic rings. The molecule has 1 rings (SSSR count). The second kappa shape index (κ2) is 9.02. The molecule has 1 N–H and O–H groups in total. The molecule has 0 saturated carbocycles. The predicted molar refractivity (Wildman–Crippen MR) is 70.7 cm³/mol. The van der Waals surface area contributed by atoms with Crippen molar-refractivity contribution < 1.29 is 9.47 Å². The third-order valence-corrected chi connectivity index (χ3v) is 2.68. The van der Waals surface area contributed by atoms with E-state index >= 15 is 0 Å². The molecule has 0 atom stereocenters. The van der Waals surface area contributed by atoms with Crippen LogP contribution in [0, 0.1) is 0 Å². The molecule has 0 aromatic heterocycles. The largest absolute Gasteiger partial charge is 0.497 e. The average molecular weight is 237 g/mol. The Kier molecular flexibility index (Phi) is 7.43. The van der Waals surface area contributed by atoms with Crippen molar-refractivity contribution in [2.45, 2.75) is 19.3 Å². The van der Waals surface area contributed by atoms with Gasteiger partial charge in [0, 0.05) is 13.7 Å². The Morgan fingerprint density at radius 3 is 2.76 bits per heavy atom. The summed E-state index contributed by atoms with van der Waals surface area (Å²) >= 11 is 0. The van der Waals surface area contributed by atoms with Crippen molar-refractivity contribution in [2.24, 2.45) is 0 Å². The standard InChI is InChI=1S/C14H23NO2/c1-16-11-4-3-9-15-10-8-13-6-5-7-14(12-13)17-2/h5-7,12,15H,3-4,8-11H2,1-2H3. The summed E-state index contributed by atoms with van der Waals surface area (Å²) in [6.07, 6.45) is 3.34. The van der Waals surface area contributed by atoms with E-state index in [1.165, 1.54) is 12.0 Å². The molecular formula is C14H23NO2. The van der Waals surface area contributed by atoms with Crippen LogP contribution in [0.2, 0.25) is 0 Å². The molecule has 0 heterocycles. The quantitative estimate of drug-likeness (QED) is 0.668. The normalized spacial score (nSPS) is 10.5. The number of hydrogen-bond acceptors (Lipinski definition) is 3. The number of hydrogen-bond donors (Lipinski definition) is 1. The van der Waals surface area contributed by atoms with Crippen molar-refractivity contribution in [3.8, 4) is 5.75 Å². The maximum absolute atomic E-state index is 5.19. The van der Waals surface area contributed by atoms with Gasteiger partial charge in [0.05, 0.1) is 7.11 Å². The lowest BCUT2D eigenvalue weighted by Gasteiger charge is -2.06. The van der Waals surface area contributed by atoms with Crippen molar-refractivity contribution in [3.05, 3.63) is 29.8 Å². The minimum Gasteiger partial charge on any atom is -0.497 e. The number of methoxy groups -OCH3 is 2. The first-order valence-electron chi connectivity index (χ1n) is 6.19. The maximum Gasteiger partial charge on any atom is 0.119 e. The van der Waals surface area contributed by atoms with Crippen LogP contribution in [0.1, 0.15) is 18.4 Å². The highest BCUT2D eigenvalue weighted by Crippen LogP contribution is 2.12. The molecule has 96 valence electrons. The van der Waals surface area contributed by atoms with E-state index in [9.17, 15) is 0 Å². The molecule has 1 aromatic carbocycles. The van der Waals surface area contributed by atoms with Gasteiger partial charge in [-0.3, -0.25) is 0 Å². The van der Waals surface area contributed by atoms with Gasteiger partial charge in [0.15, 0.2) is 0 Å². The van der Waals surface area contributed by atoms with Crippen LogP contribution in [0.4, 0.5) is 0 Å². The molecule has 17 heavy (non-hydrogen) atoms. The molecular weight excluding hydrogens is 214 g/mol. The zero-order chi connectivity index (χ0) is 12.3. The third kappa shape index (κ3) is 6.29. The summed E-state index contributed by atoms with van der Waals surface area (Å²) in [5.74, 6) is 0.933. The lowest BCUT2D eigenvalue weighted by atomic mass is 10.1. The van der Waals surface area contributed by atoms with Crippen LogP contribution in [0.15, 0.2) is 24.3 Å². The average Bonchev–Trinajstić information content (AvgIpc) is 2.38. The van der Waals surface area contributed by atoms with E-state index in [1.807, 2.05) is 12.1 Å². The fraction of sp³-hybridized carbons (Fsp3) is 0.571. The van der Waals surface area contributed by atoms with Crippen LogP contribution in [0.25, 0.3) is 0 Å². The van der Waals surface area contributed by atoms with Crippen LogP contribution in [0.5, 0.6) is 5.75 Å². The lowest BCUT2D eigenvalue weighted by Crippen LogP contribution is -2.18. The van der Waals surface area contributed by atoms with Gasteiger partial charge in [-0.25, -0.2) is 0 Å². The summed E-state index contributed by atoms with van der Waals surface area (Å²) in [5.41, 5.74) is 1.31. The minimum absolute atomic E-state index is 0.859. The number of unbranched alkanes of at least 4 members (excludes halogenated alkanes) is 1. The number of benzene rings is 1. The Morgan fingerprint density at radius 1 is 1.12 bits per heavy atom. The van der Waals surface area contributed by atoms with E-state index in [-0.39, 0.29) is 0 Å². The Balaban J connectivity index is 2.09. The van der Waals surface area contributed by atoms with Crippen LogP contribution in [-0.2, 0) is 11.2 Å². The van der Waals surface area contributed by atoms with Gasteiger partial charge in [0.2, 0.25) is 0 Å². The van der Waals surface area contributed by atoms with E-state index < -0.39 is 0 Å². The van der Waals surface area contributed by atoms with Crippen molar-refractivity contribution >= 4 is 0 Å². The molecule has 0 fully saturated rings. The summed E-state index contributed by atoms with van der Waals surface area (Å²) in [6, 6.07) is 8.23. The van der Waals surface area contributed by atoms with Crippen LogP contribution in [-0.4, -0.2) is 33.9 Å². The minimum atomic E-state index is 0.859. The van der Waals surface area contributed by atoms with E-state index in [2.05, 4.69) is 17.4 Å². The van der Waals surface area contributed by atoms with E-state index in [4.69, 9.17) is 9.47 Å². The lowest BCUT2D eigenvalue weighted by molar-refractivity contribution is 0.192. The van der Waals surface area contributed by atoms with E-state index in [0.29, 0.717) is 0 Å². The topological polar surface area (TPSA) is 30.5 Å². The number of ether oxygens (including phenoxy) is 2. The Bertz CT molecular complexity index is 302. The van der Waals surface area contributed by atoms with Gasteiger partial charge in [-0.1, -0.05) is 12.1 Å². The van der Waals surface area contributed by atoms with Crippen LogP contribution in [0.3, 0.4) is 0 Å². The maximum atomic E-state index is 5.19. The molecule has 0 unspecified atom stereocenters. The molecule has 0 aliphatic carbocycles. The van der Waals surface area contributed by atoms with Gasteiger partial charge in [-0.15, -0.1) is 0 Å². The highest BCUT2D eigenvalue weighted by atomic mass is 16.5. The van der Waals surface area contributed by atoms with E-state index in [1.54, 1.807) is 14.2 Å².